The summed E-state index contributed by atoms with van der Waals surface area (Å²) in [5.74, 6) is -0.579. The molecule has 1 amide bonds. The molecule has 0 unspecified atom stereocenters. The average Bonchev–Trinajstić information content (AvgIpc) is 2.64. The van der Waals surface area contributed by atoms with Gasteiger partial charge in [-0.2, -0.15) is 0 Å². The smallest absolute Gasteiger partial charge is 0.261 e. The van der Waals surface area contributed by atoms with Crippen LogP contribution in [0, 0.1) is 0 Å². The second kappa shape index (κ2) is 7.87. The molecule has 0 heterocycles. The summed E-state index contributed by atoms with van der Waals surface area (Å²) in [5.41, 5.74) is 5.25. The van der Waals surface area contributed by atoms with Crippen molar-refractivity contribution in [2.75, 3.05) is 4.72 Å². The Morgan fingerprint density at radius 3 is 2.37 bits per heavy atom. The summed E-state index contributed by atoms with van der Waals surface area (Å²) >= 11 is 0. The third kappa shape index (κ3) is 4.71. The van der Waals surface area contributed by atoms with Gasteiger partial charge < -0.3 is 15.6 Å². The first-order valence-electron chi connectivity index (χ1n) is 8.77. The van der Waals surface area contributed by atoms with Crippen molar-refractivity contribution in [3.63, 3.8) is 0 Å². The number of anilines is 1. The molecule has 0 radical (unpaired) electrons. The number of phenols is 1. The number of primary amides is 1. The largest absolute Gasteiger partial charge is 0.507 e. The summed E-state index contributed by atoms with van der Waals surface area (Å²) in [7, 11) is -3.94. The van der Waals surface area contributed by atoms with Crippen LogP contribution in [0.5, 0.6) is 11.5 Å². The highest BCUT2D eigenvalue weighted by molar-refractivity contribution is 7.92. The van der Waals surface area contributed by atoms with E-state index in [0.717, 1.165) is 25.0 Å². The standard InChI is InChI=1S/C19H22N2O5S/c20-19(23)17-12-16(10-11-18(17)22)27(24,25)21-13-6-8-15(9-7-13)26-14-4-2-1-3-5-14/h6-12,14,21-22H,1-5H2,(H2,20,23). The maximum Gasteiger partial charge on any atom is 0.261 e. The lowest BCUT2D eigenvalue weighted by Crippen LogP contribution is -2.19. The van der Waals surface area contributed by atoms with Crippen molar-refractivity contribution in [1.82, 2.24) is 0 Å². The number of hydrogen-bond acceptors (Lipinski definition) is 5. The van der Waals surface area contributed by atoms with E-state index < -0.39 is 15.9 Å². The lowest BCUT2D eigenvalue weighted by Gasteiger charge is -2.23. The van der Waals surface area contributed by atoms with E-state index in [1.807, 2.05) is 0 Å². The molecule has 0 atom stereocenters. The highest BCUT2D eigenvalue weighted by atomic mass is 32.2. The molecule has 0 bridgehead atoms. The molecule has 0 spiro atoms. The lowest BCUT2D eigenvalue weighted by atomic mass is 9.98. The molecule has 3 rings (SSSR count). The van der Waals surface area contributed by atoms with Crippen LogP contribution in [0.1, 0.15) is 42.5 Å². The van der Waals surface area contributed by atoms with Crippen molar-refractivity contribution in [1.29, 1.82) is 0 Å². The SMILES string of the molecule is NC(=O)c1cc(S(=O)(=O)Nc2ccc(OC3CCCCC3)cc2)ccc1O. The Balaban J connectivity index is 1.72. The third-order valence-corrected chi connectivity index (χ3v) is 5.88. The van der Waals surface area contributed by atoms with Gasteiger partial charge in [-0.05, 0) is 68.1 Å². The number of carbonyl (C=O) groups excluding carboxylic acids is 1. The minimum absolute atomic E-state index is 0.170. The molecule has 1 saturated carbocycles. The normalized spacial score (nSPS) is 15.3. The fourth-order valence-electron chi connectivity index (χ4n) is 3.07. The van der Waals surface area contributed by atoms with E-state index in [-0.39, 0.29) is 22.3 Å². The summed E-state index contributed by atoms with van der Waals surface area (Å²) in [6.45, 7) is 0. The van der Waals surface area contributed by atoms with E-state index in [1.54, 1.807) is 24.3 Å². The molecule has 0 aliphatic heterocycles. The Labute approximate surface area is 158 Å². The average molecular weight is 390 g/mol. The summed E-state index contributed by atoms with van der Waals surface area (Å²) in [5, 5.41) is 9.60. The van der Waals surface area contributed by atoms with E-state index in [2.05, 4.69) is 4.72 Å². The third-order valence-electron chi connectivity index (χ3n) is 4.51. The van der Waals surface area contributed by atoms with Crippen molar-refractivity contribution in [3.05, 3.63) is 48.0 Å². The second-order valence-electron chi connectivity index (χ2n) is 6.55. The quantitative estimate of drug-likeness (QED) is 0.700. The molecular weight excluding hydrogens is 368 g/mol. The molecule has 1 aliphatic carbocycles. The Kier molecular flexibility index (Phi) is 5.55. The van der Waals surface area contributed by atoms with Crippen LogP contribution in [0.15, 0.2) is 47.4 Å². The number of amides is 1. The van der Waals surface area contributed by atoms with E-state index in [0.29, 0.717) is 11.4 Å². The molecule has 2 aromatic rings. The molecular formula is C19H22N2O5S. The first kappa shape index (κ1) is 19.0. The fourth-order valence-corrected chi connectivity index (χ4v) is 4.16. The molecule has 27 heavy (non-hydrogen) atoms. The maximum atomic E-state index is 12.5. The number of aromatic hydroxyl groups is 1. The molecule has 1 fully saturated rings. The molecule has 4 N–H and O–H groups in total. The Bertz CT molecular complexity index is 920. The van der Waals surface area contributed by atoms with E-state index in [1.165, 1.54) is 25.3 Å². The molecule has 8 heteroatoms. The zero-order valence-electron chi connectivity index (χ0n) is 14.7. The van der Waals surface area contributed by atoms with Crippen LogP contribution in [0.3, 0.4) is 0 Å². The predicted molar refractivity (Wildman–Crippen MR) is 101 cm³/mol. The van der Waals surface area contributed by atoms with Gasteiger partial charge in [0.25, 0.3) is 15.9 Å². The van der Waals surface area contributed by atoms with Gasteiger partial charge in [-0.1, -0.05) is 6.42 Å². The molecule has 1 aliphatic rings. The number of ether oxygens (including phenoxy) is 1. The van der Waals surface area contributed by atoms with Gasteiger partial charge in [-0.25, -0.2) is 8.42 Å². The van der Waals surface area contributed by atoms with Gasteiger partial charge in [0.05, 0.1) is 16.6 Å². The van der Waals surface area contributed by atoms with Crippen LogP contribution in [0.2, 0.25) is 0 Å². The van der Waals surface area contributed by atoms with Crippen molar-refractivity contribution < 1.29 is 23.1 Å². The Morgan fingerprint density at radius 1 is 1.07 bits per heavy atom. The minimum Gasteiger partial charge on any atom is -0.507 e. The summed E-state index contributed by atoms with van der Waals surface area (Å²) in [6.07, 6.45) is 5.88. The van der Waals surface area contributed by atoms with Gasteiger partial charge in [0.15, 0.2) is 0 Å². The summed E-state index contributed by atoms with van der Waals surface area (Å²) < 4.78 is 33.4. The highest BCUT2D eigenvalue weighted by Crippen LogP contribution is 2.26. The topological polar surface area (TPSA) is 119 Å². The Morgan fingerprint density at radius 2 is 1.74 bits per heavy atom. The maximum absolute atomic E-state index is 12.5. The zero-order chi connectivity index (χ0) is 19.4. The van der Waals surface area contributed by atoms with Gasteiger partial charge in [0.2, 0.25) is 0 Å². The van der Waals surface area contributed by atoms with E-state index in [9.17, 15) is 18.3 Å². The van der Waals surface area contributed by atoms with E-state index in [4.69, 9.17) is 10.5 Å². The van der Waals surface area contributed by atoms with Gasteiger partial charge in [0, 0.05) is 5.69 Å². The number of carbonyl (C=O) groups is 1. The predicted octanol–water partition coefficient (Wildman–Crippen LogP) is 3.00. The van der Waals surface area contributed by atoms with Crippen molar-refractivity contribution in [2.45, 2.75) is 43.1 Å². The number of nitrogens with two attached hydrogens (primary N) is 1. The van der Waals surface area contributed by atoms with Crippen LogP contribution in [-0.2, 0) is 10.0 Å². The van der Waals surface area contributed by atoms with Crippen LogP contribution in [-0.4, -0.2) is 25.5 Å². The molecule has 144 valence electrons. The van der Waals surface area contributed by atoms with Crippen LogP contribution in [0.4, 0.5) is 5.69 Å². The molecule has 0 saturated heterocycles. The number of rotatable bonds is 6. The molecule has 7 nitrogen and oxygen atoms in total. The van der Waals surface area contributed by atoms with Gasteiger partial charge in [-0.15, -0.1) is 0 Å². The monoisotopic (exact) mass is 390 g/mol. The van der Waals surface area contributed by atoms with Crippen molar-refractivity contribution >= 4 is 21.6 Å². The highest BCUT2D eigenvalue weighted by Gasteiger charge is 2.19. The van der Waals surface area contributed by atoms with Crippen LogP contribution >= 0.6 is 0 Å². The number of sulfonamides is 1. The second-order valence-corrected chi connectivity index (χ2v) is 8.23. The Hall–Kier alpha value is -2.74. The zero-order valence-corrected chi connectivity index (χ0v) is 15.5. The lowest BCUT2D eigenvalue weighted by molar-refractivity contribution is 0.0997. The first-order valence-corrected chi connectivity index (χ1v) is 10.3. The fraction of sp³-hybridized carbons (Fsp3) is 0.316. The van der Waals surface area contributed by atoms with E-state index >= 15 is 0 Å². The van der Waals surface area contributed by atoms with Gasteiger partial charge in [-0.3, -0.25) is 9.52 Å². The number of hydrogen-bond donors (Lipinski definition) is 3. The summed E-state index contributed by atoms with van der Waals surface area (Å²) in [4.78, 5) is 11.1. The number of nitrogens with one attached hydrogen (secondary N) is 1. The van der Waals surface area contributed by atoms with Crippen LogP contribution < -0.4 is 15.2 Å². The summed E-state index contributed by atoms with van der Waals surface area (Å²) in [6, 6.07) is 10.0. The molecule has 2 aromatic carbocycles. The van der Waals surface area contributed by atoms with Crippen molar-refractivity contribution in [3.8, 4) is 11.5 Å². The molecule has 0 aromatic heterocycles. The van der Waals surface area contributed by atoms with Gasteiger partial charge >= 0.3 is 0 Å². The van der Waals surface area contributed by atoms with Crippen molar-refractivity contribution in [2.24, 2.45) is 5.73 Å². The first-order chi connectivity index (χ1) is 12.8. The van der Waals surface area contributed by atoms with Crippen LogP contribution in [0.25, 0.3) is 0 Å². The van der Waals surface area contributed by atoms with Gasteiger partial charge in [0.1, 0.15) is 11.5 Å². The number of benzene rings is 2. The minimum atomic E-state index is -3.94.